The van der Waals surface area contributed by atoms with Gasteiger partial charge in [0.15, 0.2) is 0 Å². The number of alkyl carbamates (subject to hydrolysis) is 1. The van der Waals surface area contributed by atoms with Crippen LogP contribution in [0.25, 0.3) is 0 Å². The lowest BCUT2D eigenvalue weighted by atomic mass is 9.86. The van der Waals surface area contributed by atoms with Crippen molar-refractivity contribution < 1.29 is 34.1 Å². The number of ether oxygens (including phenoxy) is 1. The van der Waals surface area contributed by atoms with E-state index in [9.17, 15) is 29.4 Å². The number of hydrogen-bond acceptors (Lipinski definition) is 9. The van der Waals surface area contributed by atoms with Crippen LogP contribution in [0.3, 0.4) is 0 Å². The highest BCUT2D eigenvalue weighted by molar-refractivity contribution is 5.88. The first-order valence-corrected chi connectivity index (χ1v) is 19.1. The Labute approximate surface area is 320 Å². The van der Waals surface area contributed by atoms with Crippen LogP contribution in [0.4, 0.5) is 9.59 Å². The third-order valence-electron chi connectivity index (χ3n) is 10.2. The number of benzene rings is 1. The molecule has 1 aliphatic heterocycles. The molecule has 298 valence electrons. The minimum atomic E-state index is -1.13. The molecule has 2 fully saturated rings. The maximum Gasteiger partial charge on any atom is 0.407 e. The molecule has 1 saturated heterocycles. The van der Waals surface area contributed by atoms with Gasteiger partial charge in [0.25, 0.3) is 5.91 Å². The highest BCUT2D eigenvalue weighted by Crippen LogP contribution is 2.30. The Bertz CT molecular complexity index is 1570. The van der Waals surface area contributed by atoms with Gasteiger partial charge in [-0.1, -0.05) is 77.4 Å². The Kier molecular flexibility index (Phi) is 14.5. The minimum Gasteiger partial charge on any atom is -0.453 e. The second-order valence-corrected chi connectivity index (χ2v) is 16.4. The molecule has 5 amide bonds. The van der Waals surface area contributed by atoms with Crippen LogP contribution in [0, 0.1) is 17.3 Å². The molecule has 5 N–H and O–H groups in total. The molecule has 0 bridgehead atoms. The number of rotatable bonds is 18. The maximum atomic E-state index is 14.4. The second kappa shape index (κ2) is 18.4. The first-order valence-electron chi connectivity index (χ1n) is 19.1. The lowest BCUT2D eigenvalue weighted by molar-refractivity contribution is -0.132. The predicted octanol–water partition coefficient (Wildman–Crippen LogP) is 3.56. The number of aromatic nitrogens is 1. The third kappa shape index (κ3) is 11.9. The lowest BCUT2D eigenvalue weighted by Gasteiger charge is -2.36. The number of methoxy groups -OCH3 is 1. The van der Waals surface area contributed by atoms with Gasteiger partial charge in [-0.05, 0) is 68.1 Å². The topological polar surface area (TPSA) is 177 Å². The Morgan fingerprint density at radius 1 is 1.00 bits per heavy atom. The van der Waals surface area contributed by atoms with Gasteiger partial charge < -0.3 is 35.4 Å². The summed E-state index contributed by atoms with van der Waals surface area (Å²) in [6.45, 7) is 14.2. The highest BCUT2D eigenvalue weighted by Gasteiger charge is 2.41. The van der Waals surface area contributed by atoms with Crippen LogP contribution in [0.15, 0.2) is 48.5 Å². The molecular weight excluding hydrogens is 690 g/mol. The van der Waals surface area contributed by atoms with Crippen molar-refractivity contribution in [3.8, 4) is 0 Å². The second-order valence-electron chi connectivity index (χ2n) is 16.4. The Morgan fingerprint density at radius 2 is 1.69 bits per heavy atom. The van der Waals surface area contributed by atoms with Crippen molar-refractivity contribution >= 4 is 23.9 Å². The van der Waals surface area contributed by atoms with Gasteiger partial charge in [0.05, 0.1) is 37.2 Å². The molecule has 2 heterocycles. The average Bonchev–Trinajstić information content (AvgIpc) is 3.87. The van der Waals surface area contributed by atoms with Gasteiger partial charge in [0.1, 0.15) is 17.7 Å². The number of amides is 5. The van der Waals surface area contributed by atoms with Gasteiger partial charge in [-0.25, -0.2) is 14.6 Å². The standard InChI is InChI=1S/C40H61N7O7/c1-9-26(2)33(47-21-20-45(38(47)52)24-29-16-13-17-32(41-29)40(6,7)53)35(49)42-30(22-27-14-11-10-12-15-27)31(48)25-46(23-28-18-19-28)44-36(50)34(39(3,4)5)43-37(51)54-8/h10-17,26,28,30-31,33-34,48,53H,9,18-25H2,1-8H3,(H,42,49)(H,43,51)(H,44,50). The molecule has 54 heavy (non-hydrogen) atoms. The number of aliphatic hydroxyl groups is 2. The van der Waals surface area contributed by atoms with Gasteiger partial charge in [0, 0.05) is 26.2 Å². The van der Waals surface area contributed by atoms with Crippen molar-refractivity contribution in [3.05, 3.63) is 65.5 Å². The molecule has 5 atom stereocenters. The first kappa shape index (κ1) is 42.5. The Morgan fingerprint density at radius 3 is 2.28 bits per heavy atom. The fraction of sp³-hybridized carbons (Fsp3) is 0.625. The fourth-order valence-electron chi connectivity index (χ4n) is 6.66. The van der Waals surface area contributed by atoms with E-state index in [1.54, 1.807) is 40.8 Å². The van der Waals surface area contributed by atoms with Crippen molar-refractivity contribution in [2.75, 3.05) is 33.3 Å². The van der Waals surface area contributed by atoms with Gasteiger partial charge in [0.2, 0.25) is 5.91 Å². The van der Waals surface area contributed by atoms with E-state index in [0.29, 0.717) is 49.8 Å². The Hall–Kier alpha value is -4.27. The summed E-state index contributed by atoms with van der Waals surface area (Å²) in [4.78, 5) is 61.9. The first-order chi connectivity index (χ1) is 25.4. The van der Waals surface area contributed by atoms with Gasteiger partial charge in [-0.2, -0.15) is 0 Å². The van der Waals surface area contributed by atoms with E-state index >= 15 is 0 Å². The van der Waals surface area contributed by atoms with E-state index in [1.807, 2.05) is 71.0 Å². The molecule has 14 heteroatoms. The summed E-state index contributed by atoms with van der Waals surface area (Å²) < 4.78 is 4.77. The average molecular weight is 752 g/mol. The smallest absolute Gasteiger partial charge is 0.407 e. The van der Waals surface area contributed by atoms with E-state index in [0.717, 1.165) is 18.4 Å². The van der Waals surface area contributed by atoms with Crippen LogP contribution in [0.2, 0.25) is 0 Å². The summed E-state index contributed by atoms with van der Waals surface area (Å²) in [7, 11) is 1.24. The van der Waals surface area contributed by atoms with Crippen LogP contribution in [0.5, 0.6) is 0 Å². The van der Waals surface area contributed by atoms with Crippen molar-refractivity contribution in [3.63, 3.8) is 0 Å². The summed E-state index contributed by atoms with van der Waals surface area (Å²) in [6.07, 6.45) is 1.09. The van der Waals surface area contributed by atoms with E-state index in [1.165, 1.54) is 7.11 Å². The molecule has 1 aliphatic carbocycles. The van der Waals surface area contributed by atoms with E-state index in [-0.39, 0.29) is 30.9 Å². The van der Waals surface area contributed by atoms with Gasteiger partial charge >= 0.3 is 12.1 Å². The number of hydrazine groups is 1. The predicted molar refractivity (Wildman–Crippen MR) is 205 cm³/mol. The molecule has 0 spiro atoms. The number of hydrogen-bond donors (Lipinski definition) is 5. The molecule has 14 nitrogen and oxygen atoms in total. The molecule has 5 unspecified atom stereocenters. The number of pyridine rings is 1. The molecule has 0 radical (unpaired) electrons. The molecule has 1 saturated carbocycles. The largest absolute Gasteiger partial charge is 0.453 e. The number of nitrogens with zero attached hydrogens (tertiary/aromatic N) is 4. The summed E-state index contributed by atoms with van der Waals surface area (Å²) in [5, 5.41) is 29.8. The SMILES string of the molecule is CCC(C)C(C(=O)NC(Cc1ccccc1)C(O)CN(CC1CC1)NC(=O)C(NC(=O)OC)C(C)(C)C)N1CCN(Cc2cccc(C(C)(C)O)n2)C1=O. The summed E-state index contributed by atoms with van der Waals surface area (Å²) in [6, 6.07) is 12.1. The Balaban J connectivity index is 1.54. The zero-order chi connectivity index (χ0) is 39.8. The zero-order valence-corrected chi connectivity index (χ0v) is 33.2. The molecule has 1 aromatic heterocycles. The van der Waals surface area contributed by atoms with Gasteiger partial charge in [-0.15, -0.1) is 0 Å². The number of carbonyl (C=O) groups is 4. The molecule has 4 rings (SSSR count). The summed E-state index contributed by atoms with van der Waals surface area (Å²) in [5.41, 5.74) is 3.21. The molecule has 2 aliphatic rings. The monoisotopic (exact) mass is 751 g/mol. The van der Waals surface area contributed by atoms with Crippen molar-refractivity contribution in [2.24, 2.45) is 17.3 Å². The van der Waals surface area contributed by atoms with E-state index < -0.39 is 47.2 Å². The van der Waals surface area contributed by atoms with Crippen LogP contribution in [0.1, 0.15) is 84.7 Å². The fourth-order valence-corrected chi connectivity index (χ4v) is 6.66. The maximum absolute atomic E-state index is 14.4. The van der Waals surface area contributed by atoms with Crippen LogP contribution in [-0.2, 0) is 32.9 Å². The van der Waals surface area contributed by atoms with E-state index in [2.05, 4.69) is 21.0 Å². The number of urea groups is 1. The molecular formula is C40H61N7O7. The van der Waals surface area contributed by atoms with Crippen LogP contribution >= 0.6 is 0 Å². The normalized spacial score (nSPS) is 17.8. The minimum absolute atomic E-state index is 0.0102. The van der Waals surface area contributed by atoms with Crippen molar-refractivity contribution in [1.29, 1.82) is 0 Å². The lowest BCUT2D eigenvalue weighted by Crippen LogP contribution is -2.60. The number of nitrogens with one attached hydrogen (secondary N) is 3. The summed E-state index contributed by atoms with van der Waals surface area (Å²) >= 11 is 0. The van der Waals surface area contributed by atoms with E-state index in [4.69, 9.17) is 4.74 Å². The number of aliphatic hydroxyl groups excluding tert-OH is 1. The highest BCUT2D eigenvalue weighted by atomic mass is 16.5. The van der Waals surface area contributed by atoms with Crippen LogP contribution in [-0.4, -0.2) is 111 Å². The van der Waals surface area contributed by atoms with Crippen molar-refractivity contribution in [2.45, 2.75) is 111 Å². The molecule has 2 aromatic rings. The van der Waals surface area contributed by atoms with Gasteiger partial charge in [-0.3, -0.25) is 20.0 Å². The van der Waals surface area contributed by atoms with Crippen molar-refractivity contribution in [1.82, 2.24) is 35.9 Å². The zero-order valence-electron chi connectivity index (χ0n) is 33.2. The number of carbonyl (C=O) groups excluding carboxylic acids is 4. The molecule has 1 aromatic carbocycles. The third-order valence-corrected chi connectivity index (χ3v) is 10.2. The summed E-state index contributed by atoms with van der Waals surface area (Å²) in [5.74, 6) is -0.662. The quantitative estimate of drug-likeness (QED) is 0.143. The van der Waals surface area contributed by atoms with Crippen LogP contribution < -0.4 is 16.1 Å².